The Kier molecular flexibility index (Phi) is 10.0. The van der Waals surface area contributed by atoms with Gasteiger partial charge < -0.3 is 14.2 Å². The summed E-state index contributed by atoms with van der Waals surface area (Å²) in [6.45, 7) is 10.9. The van der Waals surface area contributed by atoms with Crippen LogP contribution >= 0.6 is 0 Å². The van der Waals surface area contributed by atoms with Crippen molar-refractivity contribution in [3.63, 3.8) is 0 Å². The van der Waals surface area contributed by atoms with Gasteiger partial charge in [-0.2, -0.15) is 0 Å². The average molecular weight is 373 g/mol. The number of benzene rings is 1. The smallest absolute Gasteiger partial charge is 0.338 e. The van der Waals surface area contributed by atoms with Gasteiger partial charge in [0.15, 0.2) is 11.5 Å². The molecule has 27 heavy (non-hydrogen) atoms. The molecular formula is C23H32O4. The minimum atomic E-state index is -0.381. The highest BCUT2D eigenvalue weighted by Crippen LogP contribution is 2.28. The second-order valence-electron chi connectivity index (χ2n) is 6.93. The predicted octanol–water partition coefficient (Wildman–Crippen LogP) is 5.89. The first kappa shape index (κ1) is 22.6. The van der Waals surface area contributed by atoms with Crippen molar-refractivity contribution in [1.82, 2.24) is 0 Å². The number of hydrogen-bond donors (Lipinski definition) is 0. The molecule has 0 aromatic heterocycles. The van der Waals surface area contributed by atoms with Crippen molar-refractivity contribution < 1.29 is 19.0 Å². The first-order chi connectivity index (χ1) is 12.8. The predicted molar refractivity (Wildman–Crippen MR) is 111 cm³/mol. The van der Waals surface area contributed by atoms with E-state index in [2.05, 4.69) is 32.9 Å². The molecule has 0 aliphatic carbocycles. The van der Waals surface area contributed by atoms with Crippen LogP contribution < -0.4 is 9.47 Å². The van der Waals surface area contributed by atoms with E-state index in [1.807, 2.05) is 19.9 Å². The summed E-state index contributed by atoms with van der Waals surface area (Å²) >= 11 is 0. The van der Waals surface area contributed by atoms with Gasteiger partial charge >= 0.3 is 5.97 Å². The summed E-state index contributed by atoms with van der Waals surface area (Å²) in [6, 6.07) is 5.06. The number of esters is 1. The summed E-state index contributed by atoms with van der Waals surface area (Å²) in [5, 5.41) is 0. The zero-order valence-corrected chi connectivity index (χ0v) is 17.4. The highest BCUT2D eigenvalue weighted by molar-refractivity contribution is 5.90. The lowest BCUT2D eigenvalue weighted by atomic mass is 10.1. The molecule has 1 aromatic carbocycles. The summed E-state index contributed by atoms with van der Waals surface area (Å²) in [5.41, 5.74) is 4.14. The Morgan fingerprint density at radius 1 is 0.926 bits per heavy atom. The van der Waals surface area contributed by atoms with Gasteiger partial charge in [0.2, 0.25) is 0 Å². The van der Waals surface area contributed by atoms with Crippen LogP contribution in [0.5, 0.6) is 11.5 Å². The molecular weight excluding hydrogens is 340 g/mol. The normalized spacial score (nSPS) is 10.8. The maximum absolute atomic E-state index is 12.2. The summed E-state index contributed by atoms with van der Waals surface area (Å²) in [5.74, 6) is 0.738. The van der Waals surface area contributed by atoms with E-state index < -0.39 is 0 Å². The molecule has 0 atom stereocenters. The number of carbonyl (C=O) groups excluding carboxylic acids is 1. The minimum Gasteiger partial charge on any atom is -0.493 e. The third kappa shape index (κ3) is 9.13. The molecule has 0 saturated heterocycles. The van der Waals surface area contributed by atoms with Crippen LogP contribution in [-0.2, 0) is 4.74 Å². The monoisotopic (exact) mass is 372 g/mol. The molecule has 0 bridgehead atoms. The molecule has 0 unspecified atom stereocenters. The van der Waals surface area contributed by atoms with Gasteiger partial charge in [-0.15, -0.1) is 0 Å². The van der Waals surface area contributed by atoms with Crippen LogP contribution in [0.2, 0.25) is 0 Å². The Bertz CT molecular complexity index is 703. The highest BCUT2D eigenvalue weighted by Gasteiger charge is 2.12. The van der Waals surface area contributed by atoms with Crippen LogP contribution in [0.4, 0.5) is 0 Å². The van der Waals surface area contributed by atoms with Gasteiger partial charge in [-0.05, 0) is 77.8 Å². The fourth-order valence-electron chi connectivity index (χ4n) is 2.25. The van der Waals surface area contributed by atoms with Crippen molar-refractivity contribution in [3.05, 3.63) is 58.7 Å². The number of ether oxygens (including phenoxy) is 3. The standard InChI is InChI=1S/C23H32O4/c1-17(2)8-7-9-19(5)13-15-26-22-16-20(10-11-21(22)25-6)23(24)27-14-12-18(3)4/h8,10-13,16H,7,9,14-15H2,1-6H3/b19-13+. The molecule has 0 radical (unpaired) electrons. The number of carbonyl (C=O) groups is 1. The molecule has 4 heteroatoms. The molecule has 0 aliphatic heterocycles. The molecule has 0 spiro atoms. The minimum absolute atomic E-state index is 0.261. The van der Waals surface area contributed by atoms with Gasteiger partial charge in [0, 0.05) is 0 Å². The number of methoxy groups -OCH3 is 1. The Morgan fingerprint density at radius 2 is 1.63 bits per heavy atom. The summed E-state index contributed by atoms with van der Waals surface area (Å²) in [6.07, 6.45) is 8.18. The van der Waals surface area contributed by atoms with E-state index in [1.54, 1.807) is 25.3 Å². The first-order valence-electron chi connectivity index (χ1n) is 9.23. The Morgan fingerprint density at radius 3 is 2.26 bits per heavy atom. The topological polar surface area (TPSA) is 44.8 Å². The third-order valence-corrected chi connectivity index (χ3v) is 3.87. The molecule has 0 fully saturated rings. The zero-order valence-electron chi connectivity index (χ0n) is 17.4. The lowest BCUT2D eigenvalue weighted by molar-refractivity contribution is 0.0548. The van der Waals surface area contributed by atoms with Crippen LogP contribution in [-0.4, -0.2) is 26.3 Å². The number of allylic oxidation sites excluding steroid dienone is 4. The van der Waals surface area contributed by atoms with Crippen molar-refractivity contribution in [2.45, 2.75) is 47.5 Å². The fourth-order valence-corrected chi connectivity index (χ4v) is 2.25. The molecule has 1 aromatic rings. The van der Waals surface area contributed by atoms with Crippen molar-refractivity contribution in [2.24, 2.45) is 0 Å². The van der Waals surface area contributed by atoms with Crippen molar-refractivity contribution >= 4 is 5.97 Å². The van der Waals surface area contributed by atoms with E-state index in [0.29, 0.717) is 23.7 Å². The average Bonchev–Trinajstić information content (AvgIpc) is 2.60. The SMILES string of the molecule is COc1ccc(C(=O)OCC=C(C)C)cc1OC/C=C(\C)CCC=C(C)C. The zero-order chi connectivity index (χ0) is 20.2. The van der Waals surface area contributed by atoms with Gasteiger partial charge in [-0.3, -0.25) is 0 Å². The van der Waals surface area contributed by atoms with Crippen LogP contribution in [0.15, 0.2) is 53.1 Å². The van der Waals surface area contributed by atoms with Gasteiger partial charge in [0.05, 0.1) is 12.7 Å². The van der Waals surface area contributed by atoms with Crippen LogP contribution in [0, 0.1) is 0 Å². The highest BCUT2D eigenvalue weighted by atomic mass is 16.5. The molecule has 0 heterocycles. The maximum Gasteiger partial charge on any atom is 0.338 e. The first-order valence-corrected chi connectivity index (χ1v) is 9.23. The molecule has 1 rings (SSSR count). The Balaban J connectivity index is 2.71. The quantitative estimate of drug-likeness (QED) is 0.379. The van der Waals surface area contributed by atoms with E-state index in [9.17, 15) is 4.79 Å². The number of rotatable bonds is 10. The van der Waals surface area contributed by atoms with Crippen LogP contribution in [0.25, 0.3) is 0 Å². The molecule has 148 valence electrons. The van der Waals surface area contributed by atoms with E-state index in [0.717, 1.165) is 18.4 Å². The summed E-state index contributed by atoms with van der Waals surface area (Å²) < 4.78 is 16.4. The molecule has 0 N–H and O–H groups in total. The summed E-state index contributed by atoms with van der Waals surface area (Å²) in [7, 11) is 1.58. The molecule has 0 saturated carbocycles. The van der Waals surface area contributed by atoms with E-state index in [1.165, 1.54) is 11.1 Å². The second-order valence-corrected chi connectivity index (χ2v) is 6.93. The van der Waals surface area contributed by atoms with Crippen molar-refractivity contribution in [2.75, 3.05) is 20.3 Å². The van der Waals surface area contributed by atoms with Crippen LogP contribution in [0.3, 0.4) is 0 Å². The Labute approximate surface area is 163 Å². The van der Waals surface area contributed by atoms with Crippen molar-refractivity contribution in [3.8, 4) is 11.5 Å². The molecule has 0 amide bonds. The third-order valence-electron chi connectivity index (χ3n) is 3.87. The molecule has 4 nitrogen and oxygen atoms in total. The van der Waals surface area contributed by atoms with E-state index >= 15 is 0 Å². The van der Waals surface area contributed by atoms with E-state index in [4.69, 9.17) is 14.2 Å². The fraction of sp³-hybridized carbons (Fsp3) is 0.435. The van der Waals surface area contributed by atoms with Gasteiger partial charge in [-0.1, -0.05) is 22.8 Å². The molecule has 0 aliphatic rings. The largest absolute Gasteiger partial charge is 0.493 e. The van der Waals surface area contributed by atoms with Crippen molar-refractivity contribution in [1.29, 1.82) is 0 Å². The lowest BCUT2D eigenvalue weighted by Gasteiger charge is -2.11. The Hall–Kier alpha value is -2.49. The van der Waals surface area contributed by atoms with E-state index in [-0.39, 0.29) is 12.6 Å². The lowest BCUT2D eigenvalue weighted by Crippen LogP contribution is -2.06. The second kappa shape index (κ2) is 12.0. The maximum atomic E-state index is 12.2. The number of hydrogen-bond acceptors (Lipinski definition) is 4. The van der Waals surface area contributed by atoms with Gasteiger partial charge in [0.1, 0.15) is 13.2 Å². The van der Waals surface area contributed by atoms with Gasteiger partial charge in [-0.25, -0.2) is 4.79 Å². The summed E-state index contributed by atoms with van der Waals surface area (Å²) in [4.78, 5) is 12.2. The van der Waals surface area contributed by atoms with Crippen LogP contribution in [0.1, 0.15) is 57.8 Å². The van der Waals surface area contributed by atoms with Gasteiger partial charge in [0.25, 0.3) is 0 Å².